The first-order chi connectivity index (χ1) is 18.8. The van der Waals surface area contributed by atoms with Crippen LogP contribution in [0.25, 0.3) is 0 Å². The number of hydrogen-bond donors (Lipinski definition) is 4. The molecule has 3 aromatic rings. The van der Waals surface area contributed by atoms with Gasteiger partial charge in [0.2, 0.25) is 0 Å². The molecule has 2 amide bonds. The first-order valence-electron chi connectivity index (χ1n) is 13.4. The standard InChI is InChI=1S/C29H41N7O2S/c1-20(2)32-17-25(15-26-18-39-19-33-26)35-29(38)24-12-23(13-27(14-24)36(5)11-7-9-30-4)28(37)34-21(3)22-8-6-10-31-16-22/h6,8,10,12-14,16,18-21,25,30,32H,7,9,11,15,17H2,1-5H3,(H,34,37)(H,35,38)/t21?,25-/m0/s1. The predicted octanol–water partition coefficient (Wildman–Crippen LogP) is 3.41. The molecule has 10 heteroatoms. The average molecular weight is 552 g/mol. The third-order valence-electron chi connectivity index (χ3n) is 6.38. The van der Waals surface area contributed by atoms with Gasteiger partial charge in [0.05, 0.1) is 17.2 Å². The molecule has 0 aliphatic rings. The first kappa shape index (κ1) is 30.2. The number of carbonyl (C=O) groups excluding carboxylic acids is 2. The Morgan fingerprint density at radius 2 is 1.82 bits per heavy atom. The quantitative estimate of drug-likeness (QED) is 0.214. The van der Waals surface area contributed by atoms with Crippen LogP contribution in [0.2, 0.25) is 0 Å². The third kappa shape index (κ3) is 9.72. The summed E-state index contributed by atoms with van der Waals surface area (Å²) in [5, 5.41) is 14.8. The summed E-state index contributed by atoms with van der Waals surface area (Å²) in [6.45, 7) is 8.34. The third-order valence-corrected chi connectivity index (χ3v) is 7.02. The van der Waals surface area contributed by atoms with Crippen LogP contribution in [0.15, 0.2) is 53.6 Å². The fourth-order valence-electron chi connectivity index (χ4n) is 4.12. The van der Waals surface area contributed by atoms with Gasteiger partial charge in [0.1, 0.15) is 0 Å². The summed E-state index contributed by atoms with van der Waals surface area (Å²) in [6, 6.07) is 9.04. The SMILES string of the molecule is CNCCCN(C)c1cc(C(=O)NC(C)c2cccnc2)cc(C(=O)N[C@H](CNC(C)C)Cc2cscn2)c1. The fraction of sp³-hybridized carbons (Fsp3) is 0.448. The van der Waals surface area contributed by atoms with E-state index >= 15 is 0 Å². The van der Waals surface area contributed by atoms with Crippen LogP contribution in [0, 0.1) is 0 Å². The Bertz CT molecular complexity index is 1170. The summed E-state index contributed by atoms with van der Waals surface area (Å²) in [5.41, 5.74) is 5.35. The van der Waals surface area contributed by atoms with Gasteiger partial charge in [-0.2, -0.15) is 0 Å². The Kier molecular flexibility index (Phi) is 11.9. The zero-order valence-corrected chi connectivity index (χ0v) is 24.3. The summed E-state index contributed by atoms with van der Waals surface area (Å²) in [6.07, 6.45) is 4.99. The molecule has 0 aliphatic heterocycles. The molecule has 1 aromatic carbocycles. The summed E-state index contributed by atoms with van der Waals surface area (Å²) < 4.78 is 0. The molecular formula is C29H41N7O2S. The van der Waals surface area contributed by atoms with Gasteiger partial charge in [-0.3, -0.25) is 14.6 Å². The van der Waals surface area contributed by atoms with Crippen LogP contribution in [-0.2, 0) is 6.42 Å². The van der Waals surface area contributed by atoms with E-state index in [2.05, 4.69) is 50.0 Å². The molecule has 0 saturated heterocycles. The smallest absolute Gasteiger partial charge is 0.251 e. The molecule has 0 fully saturated rings. The molecular weight excluding hydrogens is 510 g/mol. The maximum atomic E-state index is 13.6. The molecule has 0 aliphatic carbocycles. The lowest BCUT2D eigenvalue weighted by Crippen LogP contribution is -2.45. The zero-order valence-electron chi connectivity index (χ0n) is 23.5. The van der Waals surface area contributed by atoms with Gasteiger partial charge in [-0.15, -0.1) is 11.3 Å². The van der Waals surface area contributed by atoms with E-state index < -0.39 is 0 Å². The normalized spacial score (nSPS) is 12.7. The molecule has 4 N–H and O–H groups in total. The van der Waals surface area contributed by atoms with Gasteiger partial charge in [0, 0.05) is 73.2 Å². The number of nitrogens with one attached hydrogen (secondary N) is 4. The molecule has 39 heavy (non-hydrogen) atoms. The number of anilines is 1. The Morgan fingerprint density at radius 1 is 1.08 bits per heavy atom. The molecule has 0 radical (unpaired) electrons. The van der Waals surface area contributed by atoms with E-state index in [0.717, 1.165) is 36.5 Å². The highest BCUT2D eigenvalue weighted by Gasteiger charge is 2.20. The van der Waals surface area contributed by atoms with Crippen LogP contribution in [0.4, 0.5) is 5.69 Å². The molecule has 3 rings (SSSR count). The number of rotatable bonds is 15. The number of pyridine rings is 1. The number of nitrogens with zero attached hydrogens (tertiary/aromatic N) is 3. The van der Waals surface area contributed by atoms with Crippen molar-refractivity contribution in [2.24, 2.45) is 0 Å². The molecule has 0 saturated carbocycles. The molecule has 2 heterocycles. The topological polar surface area (TPSA) is 111 Å². The number of carbonyl (C=O) groups is 2. The minimum atomic E-state index is -0.244. The summed E-state index contributed by atoms with van der Waals surface area (Å²) >= 11 is 1.54. The highest BCUT2D eigenvalue weighted by Crippen LogP contribution is 2.21. The molecule has 210 valence electrons. The Balaban J connectivity index is 1.84. The Morgan fingerprint density at radius 3 is 2.44 bits per heavy atom. The van der Waals surface area contributed by atoms with E-state index in [0.29, 0.717) is 24.1 Å². The highest BCUT2D eigenvalue weighted by atomic mass is 32.1. The van der Waals surface area contributed by atoms with Crippen LogP contribution in [-0.4, -0.2) is 67.6 Å². The first-order valence-corrected chi connectivity index (χ1v) is 14.3. The number of thiazole rings is 1. The number of hydrogen-bond acceptors (Lipinski definition) is 8. The van der Waals surface area contributed by atoms with Crippen LogP contribution in [0.3, 0.4) is 0 Å². The maximum Gasteiger partial charge on any atom is 0.251 e. The molecule has 0 spiro atoms. The van der Waals surface area contributed by atoms with Gasteiger partial charge in [-0.25, -0.2) is 4.98 Å². The van der Waals surface area contributed by atoms with Crippen molar-refractivity contribution in [1.29, 1.82) is 0 Å². The average Bonchev–Trinajstić information content (AvgIpc) is 3.45. The minimum Gasteiger partial charge on any atom is -0.375 e. The van der Waals surface area contributed by atoms with Crippen molar-refractivity contribution in [2.75, 3.05) is 38.6 Å². The lowest BCUT2D eigenvalue weighted by molar-refractivity contribution is 0.0935. The van der Waals surface area contributed by atoms with E-state index in [-0.39, 0.29) is 29.9 Å². The van der Waals surface area contributed by atoms with Crippen molar-refractivity contribution < 1.29 is 9.59 Å². The van der Waals surface area contributed by atoms with Crippen LogP contribution >= 0.6 is 11.3 Å². The second-order valence-corrected chi connectivity index (χ2v) is 10.8. The molecule has 0 bridgehead atoms. The summed E-state index contributed by atoms with van der Waals surface area (Å²) in [4.78, 5) is 37.5. The van der Waals surface area contributed by atoms with Gasteiger partial charge >= 0.3 is 0 Å². The van der Waals surface area contributed by atoms with Crippen molar-refractivity contribution in [3.8, 4) is 0 Å². The highest BCUT2D eigenvalue weighted by molar-refractivity contribution is 7.07. The lowest BCUT2D eigenvalue weighted by atomic mass is 10.0. The van der Waals surface area contributed by atoms with Crippen molar-refractivity contribution in [3.05, 3.63) is 76.0 Å². The second kappa shape index (κ2) is 15.3. The Hall–Kier alpha value is -3.34. The molecule has 9 nitrogen and oxygen atoms in total. The van der Waals surface area contributed by atoms with Gasteiger partial charge in [0.15, 0.2) is 0 Å². The molecule has 2 aromatic heterocycles. The number of amides is 2. The van der Waals surface area contributed by atoms with Crippen molar-refractivity contribution in [3.63, 3.8) is 0 Å². The second-order valence-electron chi connectivity index (χ2n) is 10.0. The zero-order chi connectivity index (χ0) is 28.2. The number of benzene rings is 1. The maximum absolute atomic E-state index is 13.6. The monoisotopic (exact) mass is 551 g/mol. The van der Waals surface area contributed by atoms with Gasteiger partial charge in [-0.05, 0) is 56.8 Å². The summed E-state index contributed by atoms with van der Waals surface area (Å²) in [7, 11) is 3.90. The largest absolute Gasteiger partial charge is 0.375 e. The van der Waals surface area contributed by atoms with Crippen LogP contribution in [0.1, 0.15) is 65.2 Å². The fourth-order valence-corrected chi connectivity index (χ4v) is 4.69. The molecule has 2 atom stereocenters. The van der Waals surface area contributed by atoms with Gasteiger partial charge in [0.25, 0.3) is 11.8 Å². The number of aromatic nitrogens is 2. The summed E-state index contributed by atoms with van der Waals surface area (Å²) in [5.74, 6) is -0.466. The lowest BCUT2D eigenvalue weighted by Gasteiger charge is -2.23. The molecule has 1 unspecified atom stereocenters. The van der Waals surface area contributed by atoms with Crippen molar-refractivity contribution in [2.45, 2.75) is 51.7 Å². The van der Waals surface area contributed by atoms with Crippen LogP contribution in [0.5, 0.6) is 0 Å². The Labute approximate surface area is 235 Å². The van der Waals surface area contributed by atoms with Crippen molar-refractivity contribution in [1.82, 2.24) is 31.2 Å². The van der Waals surface area contributed by atoms with E-state index in [1.54, 1.807) is 35.3 Å². The van der Waals surface area contributed by atoms with Gasteiger partial charge in [-0.1, -0.05) is 19.9 Å². The predicted molar refractivity (Wildman–Crippen MR) is 159 cm³/mol. The van der Waals surface area contributed by atoms with Crippen LogP contribution < -0.4 is 26.2 Å². The van der Waals surface area contributed by atoms with E-state index in [4.69, 9.17) is 0 Å². The van der Waals surface area contributed by atoms with E-state index in [1.165, 1.54) is 0 Å². The van der Waals surface area contributed by atoms with E-state index in [1.807, 2.05) is 50.7 Å². The van der Waals surface area contributed by atoms with E-state index in [9.17, 15) is 9.59 Å². The van der Waals surface area contributed by atoms with Crippen molar-refractivity contribution >= 4 is 28.8 Å². The van der Waals surface area contributed by atoms with Gasteiger partial charge < -0.3 is 26.2 Å². The minimum absolute atomic E-state index is 0.151.